The molecule has 0 aliphatic carbocycles. The fourth-order valence-corrected chi connectivity index (χ4v) is 4.10. The Morgan fingerprint density at radius 3 is 2.52 bits per heavy atom. The van der Waals surface area contributed by atoms with Crippen LogP contribution in [-0.2, 0) is 25.3 Å². The van der Waals surface area contributed by atoms with Gasteiger partial charge in [-0.05, 0) is 19.8 Å². The van der Waals surface area contributed by atoms with E-state index in [1.54, 1.807) is 0 Å². The van der Waals surface area contributed by atoms with Gasteiger partial charge in [0, 0.05) is 24.8 Å². The first kappa shape index (κ1) is 21.1. The number of hydrogen-bond acceptors (Lipinski definition) is 6. The first-order chi connectivity index (χ1) is 14.0. The molecular formula is C19H26N6O3S. The lowest BCUT2D eigenvalue weighted by atomic mass is 10.2. The second kappa shape index (κ2) is 9.25. The molecule has 0 unspecified atom stereocenters. The summed E-state index contributed by atoms with van der Waals surface area (Å²) in [6.45, 7) is 7.05. The fraction of sp³-hybridized carbons (Fsp3) is 0.526. The Morgan fingerprint density at radius 1 is 1.03 bits per heavy atom. The Balaban J connectivity index is 2.00. The van der Waals surface area contributed by atoms with Gasteiger partial charge in [0.05, 0.1) is 5.75 Å². The van der Waals surface area contributed by atoms with Crippen molar-refractivity contribution in [3.05, 3.63) is 48.8 Å². The number of H-pyrrole nitrogens is 2. The molecule has 0 aliphatic rings. The zero-order chi connectivity index (χ0) is 21.0. The van der Waals surface area contributed by atoms with Gasteiger partial charge < -0.3 is 9.55 Å². The molecule has 29 heavy (non-hydrogen) atoms. The second-order valence-electron chi connectivity index (χ2n) is 6.79. The third-order valence-electron chi connectivity index (χ3n) is 4.63. The number of nitrogens with zero attached hydrogens (tertiary/aromatic N) is 4. The maximum Gasteiger partial charge on any atom is 0.330 e. The number of aromatic nitrogens is 6. The Bertz CT molecular complexity index is 1170. The van der Waals surface area contributed by atoms with Crippen LogP contribution in [0.4, 0.5) is 0 Å². The number of thioether (sulfide) groups is 1. The third kappa shape index (κ3) is 4.52. The van der Waals surface area contributed by atoms with Gasteiger partial charge in [-0.3, -0.25) is 19.1 Å². The van der Waals surface area contributed by atoms with Crippen LogP contribution in [0.3, 0.4) is 0 Å². The van der Waals surface area contributed by atoms with Crippen LogP contribution in [0.1, 0.15) is 51.6 Å². The summed E-state index contributed by atoms with van der Waals surface area (Å²) < 4.78 is 3.35. The predicted octanol–water partition coefficient (Wildman–Crippen LogP) is 2.03. The number of fused-ring (bicyclic) bond motifs is 1. The highest BCUT2D eigenvalue weighted by atomic mass is 32.2. The van der Waals surface area contributed by atoms with Crippen LogP contribution in [-0.4, -0.2) is 29.1 Å². The highest BCUT2D eigenvalue weighted by Gasteiger charge is 2.18. The minimum absolute atomic E-state index is 0.181. The van der Waals surface area contributed by atoms with Gasteiger partial charge in [0.25, 0.3) is 11.1 Å². The Labute approximate surface area is 171 Å². The summed E-state index contributed by atoms with van der Waals surface area (Å²) in [4.78, 5) is 50.9. The second-order valence-corrected chi connectivity index (χ2v) is 7.75. The molecule has 0 aliphatic heterocycles. The summed E-state index contributed by atoms with van der Waals surface area (Å²) in [7, 11) is 0. The van der Waals surface area contributed by atoms with Crippen LogP contribution < -0.4 is 16.8 Å². The molecule has 0 saturated carbocycles. The van der Waals surface area contributed by atoms with Crippen molar-refractivity contribution in [2.24, 2.45) is 0 Å². The van der Waals surface area contributed by atoms with Gasteiger partial charge >= 0.3 is 5.69 Å². The molecule has 3 aromatic rings. The lowest BCUT2D eigenvalue weighted by Gasteiger charge is -2.06. The summed E-state index contributed by atoms with van der Waals surface area (Å²) in [5.74, 6) is 1.08. The fourth-order valence-electron chi connectivity index (χ4n) is 3.26. The van der Waals surface area contributed by atoms with Crippen LogP contribution in [0.2, 0.25) is 0 Å². The number of unbranched alkanes of at least 4 members (excludes halogenated alkanes) is 1. The highest BCUT2D eigenvalue weighted by molar-refractivity contribution is 7.98. The van der Waals surface area contributed by atoms with Crippen LogP contribution in [0, 0.1) is 0 Å². The highest BCUT2D eigenvalue weighted by Crippen LogP contribution is 2.21. The molecule has 0 saturated heterocycles. The van der Waals surface area contributed by atoms with Crippen molar-refractivity contribution in [3.63, 3.8) is 0 Å². The number of aromatic amines is 2. The van der Waals surface area contributed by atoms with E-state index in [0.717, 1.165) is 31.4 Å². The van der Waals surface area contributed by atoms with E-state index < -0.39 is 11.2 Å². The van der Waals surface area contributed by atoms with E-state index in [2.05, 4.69) is 19.9 Å². The van der Waals surface area contributed by atoms with Crippen molar-refractivity contribution in [3.8, 4) is 0 Å². The average molecular weight is 419 g/mol. The minimum atomic E-state index is -0.436. The molecule has 0 spiro atoms. The molecule has 2 N–H and O–H groups in total. The smallest absolute Gasteiger partial charge is 0.322 e. The van der Waals surface area contributed by atoms with Gasteiger partial charge in [-0.2, -0.15) is 0 Å². The summed E-state index contributed by atoms with van der Waals surface area (Å²) in [5.41, 5.74) is 0.521. The lowest BCUT2D eigenvalue weighted by Crippen LogP contribution is -2.31. The number of aryl methyl sites for hydroxylation is 3. The maximum atomic E-state index is 12.5. The summed E-state index contributed by atoms with van der Waals surface area (Å²) in [5, 5.41) is 0.521. The molecule has 3 rings (SSSR count). The van der Waals surface area contributed by atoms with Crippen molar-refractivity contribution in [2.45, 2.75) is 70.5 Å². The topological polar surface area (TPSA) is 118 Å². The van der Waals surface area contributed by atoms with E-state index in [0.29, 0.717) is 41.0 Å². The average Bonchev–Trinajstić information content (AvgIpc) is 3.05. The van der Waals surface area contributed by atoms with Crippen molar-refractivity contribution < 1.29 is 0 Å². The van der Waals surface area contributed by atoms with E-state index in [1.807, 2.05) is 25.3 Å². The standard InChI is InChI=1S/C19H26N6O3S/c1-4-7-9-25-16-15(17(27)23-19(25)28)24(6-3)13(21-16)11-29-18-20-12(8-5-2)10-14(26)22-18/h10H,4-9,11H2,1-3H3,(H,20,22,26)(H,23,27,28). The minimum Gasteiger partial charge on any atom is -0.322 e. The molecule has 3 heterocycles. The van der Waals surface area contributed by atoms with Gasteiger partial charge in [-0.15, -0.1) is 0 Å². The number of nitrogens with one attached hydrogen (secondary N) is 2. The van der Waals surface area contributed by atoms with E-state index in [4.69, 9.17) is 0 Å². The van der Waals surface area contributed by atoms with Gasteiger partial charge in [0.2, 0.25) is 0 Å². The van der Waals surface area contributed by atoms with Gasteiger partial charge in [-0.1, -0.05) is 38.5 Å². The maximum absolute atomic E-state index is 12.5. The van der Waals surface area contributed by atoms with Crippen molar-refractivity contribution in [1.82, 2.24) is 29.1 Å². The van der Waals surface area contributed by atoms with Gasteiger partial charge in [0.1, 0.15) is 5.82 Å². The molecule has 156 valence electrons. The van der Waals surface area contributed by atoms with Crippen molar-refractivity contribution >= 4 is 22.9 Å². The lowest BCUT2D eigenvalue weighted by molar-refractivity contribution is 0.613. The summed E-state index contributed by atoms with van der Waals surface area (Å²) >= 11 is 1.36. The van der Waals surface area contributed by atoms with Gasteiger partial charge in [-0.25, -0.2) is 14.8 Å². The van der Waals surface area contributed by atoms with Crippen LogP contribution in [0.25, 0.3) is 11.2 Å². The monoisotopic (exact) mass is 418 g/mol. The molecule has 9 nitrogen and oxygen atoms in total. The molecule has 0 fully saturated rings. The van der Waals surface area contributed by atoms with E-state index in [9.17, 15) is 14.4 Å². The number of rotatable bonds is 9. The number of hydrogen-bond donors (Lipinski definition) is 2. The van der Waals surface area contributed by atoms with Gasteiger partial charge in [0.15, 0.2) is 16.3 Å². The number of imidazole rings is 1. The first-order valence-corrected chi connectivity index (χ1v) is 10.9. The van der Waals surface area contributed by atoms with E-state index in [1.165, 1.54) is 22.4 Å². The zero-order valence-electron chi connectivity index (χ0n) is 16.9. The third-order valence-corrected chi connectivity index (χ3v) is 5.50. The Hall–Kier alpha value is -2.62. The first-order valence-electron chi connectivity index (χ1n) is 9.93. The molecular weight excluding hydrogens is 392 g/mol. The predicted molar refractivity (Wildman–Crippen MR) is 114 cm³/mol. The zero-order valence-corrected chi connectivity index (χ0v) is 17.8. The van der Waals surface area contributed by atoms with E-state index >= 15 is 0 Å². The van der Waals surface area contributed by atoms with Crippen LogP contribution in [0.15, 0.2) is 25.6 Å². The van der Waals surface area contributed by atoms with E-state index in [-0.39, 0.29) is 5.56 Å². The molecule has 0 radical (unpaired) electrons. The summed E-state index contributed by atoms with van der Waals surface area (Å²) in [6.07, 6.45) is 3.39. The quantitative estimate of drug-likeness (QED) is 0.405. The molecule has 3 aromatic heterocycles. The molecule has 0 amide bonds. The Kier molecular flexibility index (Phi) is 6.73. The molecule has 0 atom stereocenters. The van der Waals surface area contributed by atoms with Crippen LogP contribution >= 0.6 is 11.8 Å². The van der Waals surface area contributed by atoms with Crippen molar-refractivity contribution in [2.75, 3.05) is 0 Å². The largest absolute Gasteiger partial charge is 0.330 e. The summed E-state index contributed by atoms with van der Waals surface area (Å²) in [6, 6.07) is 1.51. The SMILES string of the molecule is CCCCn1c(=O)[nH]c(=O)c2c1nc(CSc1nc(CCC)cc(=O)[nH]1)n2CC. The molecule has 0 aromatic carbocycles. The molecule has 10 heteroatoms. The normalized spacial score (nSPS) is 11.4. The molecule has 0 bridgehead atoms. The van der Waals surface area contributed by atoms with Crippen molar-refractivity contribution in [1.29, 1.82) is 0 Å². The van der Waals surface area contributed by atoms with Crippen LogP contribution in [0.5, 0.6) is 0 Å². The Morgan fingerprint density at radius 2 is 1.83 bits per heavy atom.